The molecule has 3 heteroatoms. The molecule has 0 spiro atoms. The van der Waals surface area contributed by atoms with E-state index in [1.54, 1.807) is 7.11 Å². The van der Waals surface area contributed by atoms with Gasteiger partial charge in [0.05, 0.1) is 12.6 Å². The first-order valence-corrected chi connectivity index (χ1v) is 6.92. The topological polar surface area (TPSA) is 12.5 Å². The van der Waals surface area contributed by atoms with Gasteiger partial charge >= 0.3 is 0 Å². The Labute approximate surface area is 113 Å². The molecule has 0 heterocycles. The van der Waals surface area contributed by atoms with E-state index in [1.165, 1.54) is 11.1 Å². The first-order chi connectivity index (χ1) is 7.88. The normalized spacial score (nSPS) is 11.9. The molecule has 0 atom stereocenters. The average molecular weight is 300 g/mol. The van der Waals surface area contributed by atoms with Gasteiger partial charge in [-0.15, -0.1) is 0 Å². The number of ether oxygens (including phenoxy) is 1. The summed E-state index contributed by atoms with van der Waals surface area (Å²) < 4.78 is 5.44. The summed E-state index contributed by atoms with van der Waals surface area (Å²) in [7, 11) is 3.82. The zero-order chi connectivity index (χ0) is 13.1. The van der Waals surface area contributed by atoms with Crippen molar-refractivity contribution >= 4 is 15.9 Å². The molecule has 0 aromatic heterocycles. The fraction of sp³-hybridized carbons (Fsp3) is 0.571. The van der Waals surface area contributed by atoms with E-state index in [0.717, 1.165) is 17.7 Å². The fourth-order valence-corrected chi connectivity index (χ4v) is 1.97. The van der Waals surface area contributed by atoms with Gasteiger partial charge in [0.1, 0.15) is 5.75 Å². The minimum atomic E-state index is 0.105. The molecule has 0 bridgehead atoms. The largest absolute Gasteiger partial charge is 0.496 e. The Kier molecular flexibility index (Phi) is 5.02. The zero-order valence-corrected chi connectivity index (χ0v) is 13.0. The van der Waals surface area contributed by atoms with Crippen LogP contribution in [0.2, 0.25) is 0 Å². The third-order valence-corrected chi connectivity index (χ3v) is 3.58. The summed E-state index contributed by atoms with van der Waals surface area (Å²) in [6.07, 6.45) is 0. The maximum atomic E-state index is 5.44. The van der Waals surface area contributed by atoms with Crippen LogP contribution in [-0.2, 0) is 12.0 Å². The van der Waals surface area contributed by atoms with E-state index >= 15 is 0 Å². The first-order valence-electron chi connectivity index (χ1n) is 5.80. The van der Waals surface area contributed by atoms with Gasteiger partial charge in [-0.3, -0.25) is 4.90 Å². The molecular weight excluding hydrogens is 278 g/mol. The van der Waals surface area contributed by atoms with Gasteiger partial charge in [-0.1, -0.05) is 48.8 Å². The highest BCUT2D eigenvalue weighted by Gasteiger charge is 2.19. The molecule has 17 heavy (non-hydrogen) atoms. The molecule has 1 rings (SSSR count). The van der Waals surface area contributed by atoms with Crippen molar-refractivity contribution in [3.8, 4) is 5.75 Å². The third-order valence-electron chi connectivity index (χ3n) is 2.73. The molecule has 0 aliphatic rings. The molecule has 1 aromatic rings. The molecule has 0 saturated heterocycles. The van der Waals surface area contributed by atoms with Crippen molar-refractivity contribution in [1.82, 2.24) is 4.90 Å². The second-order valence-corrected chi connectivity index (χ2v) is 5.92. The van der Waals surface area contributed by atoms with Gasteiger partial charge < -0.3 is 4.74 Å². The Morgan fingerprint density at radius 2 is 1.94 bits per heavy atom. The Bertz CT molecular complexity index is 371. The quantitative estimate of drug-likeness (QED) is 0.620. The Hall–Kier alpha value is -0.540. The molecule has 0 unspecified atom stereocenters. The number of hydrogen-bond acceptors (Lipinski definition) is 2. The minimum absolute atomic E-state index is 0.105. The number of methoxy groups -OCH3 is 1. The number of benzene rings is 1. The van der Waals surface area contributed by atoms with E-state index in [4.69, 9.17) is 4.74 Å². The van der Waals surface area contributed by atoms with E-state index in [-0.39, 0.29) is 5.41 Å². The second kappa shape index (κ2) is 5.87. The van der Waals surface area contributed by atoms with Crippen molar-refractivity contribution < 1.29 is 4.74 Å². The molecule has 0 saturated carbocycles. The standard InChI is InChI=1S/C14H22BrNO/c1-14(2,3)12-8-11(9-16(4)10-15)6-7-13(12)17-5/h6-8H,9-10H2,1-5H3. The molecule has 0 fully saturated rings. The molecular formula is C14H22BrNO. The summed E-state index contributed by atoms with van der Waals surface area (Å²) in [6.45, 7) is 7.58. The molecule has 96 valence electrons. The summed E-state index contributed by atoms with van der Waals surface area (Å²) in [5.41, 5.74) is 3.57. The van der Waals surface area contributed by atoms with Crippen molar-refractivity contribution in [1.29, 1.82) is 0 Å². The molecule has 0 aliphatic carbocycles. The van der Waals surface area contributed by atoms with Crippen molar-refractivity contribution in [2.45, 2.75) is 32.7 Å². The summed E-state index contributed by atoms with van der Waals surface area (Å²) in [6, 6.07) is 6.45. The van der Waals surface area contributed by atoms with E-state index in [1.807, 2.05) is 0 Å². The van der Waals surface area contributed by atoms with Crippen LogP contribution in [0.5, 0.6) is 5.75 Å². The summed E-state index contributed by atoms with van der Waals surface area (Å²) in [4.78, 5) is 2.22. The molecule has 0 radical (unpaired) electrons. The van der Waals surface area contributed by atoms with E-state index in [9.17, 15) is 0 Å². The Morgan fingerprint density at radius 1 is 1.29 bits per heavy atom. The predicted molar refractivity (Wildman–Crippen MR) is 77.0 cm³/mol. The van der Waals surface area contributed by atoms with E-state index in [2.05, 4.69) is 66.8 Å². The van der Waals surface area contributed by atoms with Crippen molar-refractivity contribution in [3.63, 3.8) is 0 Å². The van der Waals surface area contributed by atoms with Crippen LogP contribution in [0.25, 0.3) is 0 Å². The lowest BCUT2D eigenvalue weighted by Gasteiger charge is -2.23. The highest BCUT2D eigenvalue weighted by atomic mass is 79.9. The van der Waals surface area contributed by atoms with Crippen LogP contribution >= 0.6 is 15.9 Å². The number of nitrogens with zero attached hydrogens (tertiary/aromatic N) is 1. The molecule has 0 amide bonds. The summed E-state index contributed by atoms with van der Waals surface area (Å²) >= 11 is 3.46. The van der Waals surface area contributed by atoms with Gasteiger partial charge in [-0.05, 0) is 29.7 Å². The molecule has 2 nitrogen and oxygen atoms in total. The Morgan fingerprint density at radius 3 is 2.41 bits per heavy atom. The van der Waals surface area contributed by atoms with Crippen molar-refractivity contribution in [2.75, 3.05) is 19.6 Å². The number of rotatable bonds is 4. The van der Waals surface area contributed by atoms with E-state index in [0.29, 0.717) is 0 Å². The van der Waals surface area contributed by atoms with Crippen LogP contribution in [0.4, 0.5) is 0 Å². The van der Waals surface area contributed by atoms with Gasteiger partial charge in [0.25, 0.3) is 0 Å². The van der Waals surface area contributed by atoms with Crippen LogP contribution in [0.3, 0.4) is 0 Å². The maximum absolute atomic E-state index is 5.44. The van der Waals surface area contributed by atoms with Crippen LogP contribution in [0.15, 0.2) is 18.2 Å². The zero-order valence-electron chi connectivity index (χ0n) is 11.4. The van der Waals surface area contributed by atoms with Gasteiger partial charge in [-0.2, -0.15) is 0 Å². The van der Waals surface area contributed by atoms with Crippen LogP contribution in [0.1, 0.15) is 31.9 Å². The van der Waals surface area contributed by atoms with Gasteiger partial charge in [0.15, 0.2) is 0 Å². The van der Waals surface area contributed by atoms with Gasteiger partial charge in [-0.25, -0.2) is 0 Å². The SMILES string of the molecule is COc1ccc(CN(C)CBr)cc1C(C)(C)C. The Balaban J connectivity index is 3.05. The van der Waals surface area contributed by atoms with Gasteiger partial charge in [0.2, 0.25) is 0 Å². The van der Waals surface area contributed by atoms with E-state index < -0.39 is 0 Å². The van der Waals surface area contributed by atoms with Crippen LogP contribution in [0, 0.1) is 0 Å². The minimum Gasteiger partial charge on any atom is -0.496 e. The van der Waals surface area contributed by atoms with Crippen molar-refractivity contribution in [2.24, 2.45) is 0 Å². The maximum Gasteiger partial charge on any atom is 0.122 e. The number of halogens is 1. The monoisotopic (exact) mass is 299 g/mol. The lowest BCUT2D eigenvalue weighted by atomic mass is 9.85. The predicted octanol–water partition coefficient (Wildman–Crippen LogP) is 3.78. The smallest absolute Gasteiger partial charge is 0.122 e. The third kappa shape index (κ3) is 4.00. The average Bonchev–Trinajstić information content (AvgIpc) is 2.27. The first kappa shape index (κ1) is 14.5. The van der Waals surface area contributed by atoms with Crippen LogP contribution in [-0.4, -0.2) is 24.5 Å². The number of alkyl halides is 1. The highest BCUT2D eigenvalue weighted by Crippen LogP contribution is 2.32. The molecule has 0 aliphatic heterocycles. The highest BCUT2D eigenvalue weighted by molar-refractivity contribution is 9.09. The second-order valence-electron chi connectivity index (χ2n) is 5.42. The summed E-state index contributed by atoms with van der Waals surface area (Å²) in [5, 5.41) is 0. The van der Waals surface area contributed by atoms with Crippen LogP contribution < -0.4 is 4.74 Å². The lowest BCUT2D eigenvalue weighted by Crippen LogP contribution is -2.17. The molecule has 0 N–H and O–H groups in total. The molecule has 1 aromatic carbocycles. The summed E-state index contributed by atoms with van der Waals surface area (Å²) in [5.74, 6) is 0.975. The van der Waals surface area contributed by atoms with Crippen molar-refractivity contribution in [3.05, 3.63) is 29.3 Å². The number of hydrogen-bond donors (Lipinski definition) is 0. The lowest BCUT2D eigenvalue weighted by molar-refractivity contribution is 0.384. The fourth-order valence-electron chi connectivity index (χ4n) is 1.79. The van der Waals surface area contributed by atoms with Gasteiger partial charge in [0, 0.05) is 6.54 Å².